The number of amides is 4. The number of ether oxygens (including phenoxy) is 6. The van der Waals surface area contributed by atoms with E-state index in [1.54, 1.807) is 0 Å². The first-order valence-electron chi connectivity index (χ1n) is 29.5. The van der Waals surface area contributed by atoms with E-state index in [0.717, 1.165) is 75.8 Å². The average Bonchev–Trinajstić information content (AvgIpc) is 4.39. The highest BCUT2D eigenvalue weighted by molar-refractivity contribution is 5.93. The second-order valence-corrected chi connectivity index (χ2v) is 24.0. The number of carbonyl (C=O) groups excluding carboxylic acids is 8. The van der Waals surface area contributed by atoms with Gasteiger partial charge in [-0.05, 0) is 98.6 Å². The summed E-state index contributed by atoms with van der Waals surface area (Å²) in [6, 6.07) is 11.7. The Morgan fingerprint density at radius 3 is 1.25 bits per heavy atom. The SMILES string of the molecule is C[C@H]1OC(=O)[C@H](CC2CC2)N(C)C(=O)[C@@H](Cc2ccc(N3CCOCC3)cc2)OC(=O)[C@H](CC2CC2)N(C)C(=O)[C@@H](C)OC[C@](C=O)(CC2CC2)N(C)C(=O)[C@@H](Cc2ccc(N3CCOCC3)cc2)OC(=O)C(CC2CC2)N(C)C1=O. The second-order valence-electron chi connectivity index (χ2n) is 24.0. The van der Waals surface area contributed by atoms with Crippen molar-refractivity contribution in [1.29, 1.82) is 0 Å². The maximum absolute atomic E-state index is 15.3. The molecular formula is C61H84N6O14. The first-order valence-corrected chi connectivity index (χ1v) is 29.5. The van der Waals surface area contributed by atoms with E-state index in [2.05, 4.69) is 9.80 Å². The summed E-state index contributed by atoms with van der Waals surface area (Å²) in [5.74, 6) is -4.74. The van der Waals surface area contributed by atoms with Gasteiger partial charge in [0, 0.05) is 78.6 Å². The van der Waals surface area contributed by atoms with Gasteiger partial charge >= 0.3 is 17.9 Å². The highest BCUT2D eigenvalue weighted by Gasteiger charge is 2.48. The van der Waals surface area contributed by atoms with Crippen molar-refractivity contribution in [2.45, 2.75) is 152 Å². The molecule has 2 aromatic rings. The predicted molar refractivity (Wildman–Crippen MR) is 298 cm³/mol. The average molecular weight is 1130 g/mol. The van der Waals surface area contributed by atoms with Gasteiger partial charge in [0.05, 0.1) is 33.0 Å². The number of carbonyl (C=O) groups is 8. The lowest BCUT2D eigenvalue weighted by Gasteiger charge is -2.40. The van der Waals surface area contributed by atoms with Crippen molar-refractivity contribution in [3.8, 4) is 0 Å². The Balaban J connectivity index is 1.05. The number of anilines is 2. The third kappa shape index (κ3) is 15.3. The van der Waals surface area contributed by atoms with Gasteiger partial charge in [0.15, 0.2) is 18.3 Å². The molecule has 20 heteroatoms. The number of hydrogen-bond donors (Lipinski definition) is 0. The van der Waals surface area contributed by atoms with E-state index in [0.29, 0.717) is 56.9 Å². The van der Waals surface area contributed by atoms with Crippen LogP contribution in [0, 0.1) is 23.7 Å². The normalized spacial score (nSPS) is 29.8. The summed E-state index contributed by atoms with van der Waals surface area (Å²) in [5, 5.41) is 0. The Hall–Kier alpha value is -6.12. The van der Waals surface area contributed by atoms with E-state index in [4.69, 9.17) is 28.4 Å². The molecule has 4 aliphatic carbocycles. The van der Waals surface area contributed by atoms with Crippen LogP contribution in [0.5, 0.6) is 0 Å². The van der Waals surface area contributed by atoms with Crippen molar-refractivity contribution in [2.75, 3.05) is 97.2 Å². The van der Waals surface area contributed by atoms with Crippen molar-refractivity contribution in [3.63, 3.8) is 0 Å². The van der Waals surface area contributed by atoms with Gasteiger partial charge < -0.3 is 62.6 Å². The molecule has 0 bridgehead atoms. The number of rotatable bonds is 15. The van der Waals surface area contributed by atoms with Gasteiger partial charge in [0.1, 0.15) is 36.1 Å². The van der Waals surface area contributed by atoms with Gasteiger partial charge in [-0.15, -0.1) is 0 Å². The van der Waals surface area contributed by atoms with Crippen molar-refractivity contribution < 1.29 is 66.8 Å². The van der Waals surface area contributed by atoms with Gasteiger partial charge in [-0.25, -0.2) is 14.4 Å². The quantitative estimate of drug-likeness (QED) is 0.137. The number of aldehydes is 1. The second kappa shape index (κ2) is 26.4. The van der Waals surface area contributed by atoms with Crippen molar-refractivity contribution in [1.82, 2.24) is 19.6 Å². The number of likely N-dealkylation sites (N-methyl/N-ethyl adjacent to an activating group) is 4. The molecule has 20 nitrogen and oxygen atoms in total. The Bertz CT molecular complexity index is 2560. The molecule has 9 rings (SSSR count). The number of hydrogen-bond acceptors (Lipinski definition) is 16. The zero-order valence-electron chi connectivity index (χ0n) is 48.2. The largest absolute Gasteiger partial charge is 0.451 e. The molecule has 0 spiro atoms. The summed E-state index contributed by atoms with van der Waals surface area (Å²) in [6.07, 6.45) is 2.45. The number of cyclic esters (lactones) is 3. The third-order valence-electron chi connectivity index (χ3n) is 17.7. The van der Waals surface area contributed by atoms with Gasteiger partial charge in [0.25, 0.3) is 23.6 Å². The molecule has 442 valence electrons. The molecule has 81 heavy (non-hydrogen) atoms. The molecule has 0 radical (unpaired) electrons. The molecule has 4 amide bonds. The maximum Gasteiger partial charge on any atom is 0.329 e. The highest BCUT2D eigenvalue weighted by atomic mass is 16.6. The summed E-state index contributed by atoms with van der Waals surface area (Å²) in [5.41, 5.74) is 1.67. The van der Waals surface area contributed by atoms with E-state index in [9.17, 15) is 28.8 Å². The molecule has 0 aromatic heterocycles. The first kappa shape index (κ1) is 59.5. The first-order chi connectivity index (χ1) is 38.9. The van der Waals surface area contributed by atoms with E-state index in [1.165, 1.54) is 61.6 Å². The molecule has 0 N–H and O–H groups in total. The number of esters is 3. The van der Waals surface area contributed by atoms with Crippen LogP contribution in [0.2, 0.25) is 0 Å². The fraction of sp³-hybridized carbons (Fsp3) is 0.672. The third-order valence-corrected chi connectivity index (χ3v) is 17.7. The van der Waals surface area contributed by atoms with Crippen molar-refractivity contribution >= 4 is 59.2 Å². The van der Waals surface area contributed by atoms with E-state index in [1.807, 2.05) is 48.5 Å². The number of benzene rings is 2. The Morgan fingerprint density at radius 2 is 0.852 bits per heavy atom. The zero-order valence-corrected chi connectivity index (χ0v) is 48.2. The van der Waals surface area contributed by atoms with Crippen molar-refractivity contribution in [2.24, 2.45) is 23.7 Å². The molecule has 4 saturated carbocycles. The summed E-state index contributed by atoms with van der Waals surface area (Å²) < 4.78 is 36.1. The van der Waals surface area contributed by atoms with Crippen LogP contribution in [-0.4, -0.2) is 203 Å². The molecular weight excluding hydrogens is 1040 g/mol. The molecule has 2 aromatic carbocycles. The van der Waals surface area contributed by atoms with Gasteiger partial charge in [-0.3, -0.25) is 19.2 Å². The molecule has 3 heterocycles. The minimum atomic E-state index is -1.62. The lowest BCUT2D eigenvalue weighted by molar-refractivity contribution is -0.175. The summed E-state index contributed by atoms with van der Waals surface area (Å²) in [6.45, 7) is 7.80. The number of nitrogens with zero attached hydrogens (tertiary/aromatic N) is 6. The fourth-order valence-electron chi connectivity index (χ4n) is 11.4. The molecule has 8 atom stereocenters. The van der Waals surface area contributed by atoms with Crippen molar-refractivity contribution in [3.05, 3.63) is 59.7 Å². The molecule has 7 fully saturated rings. The van der Waals surface area contributed by atoms with Crippen LogP contribution < -0.4 is 9.80 Å². The van der Waals surface area contributed by atoms with Crippen LogP contribution >= 0.6 is 0 Å². The Morgan fingerprint density at radius 1 is 0.481 bits per heavy atom. The van der Waals surface area contributed by atoms with Crippen LogP contribution in [0.25, 0.3) is 0 Å². The monoisotopic (exact) mass is 1120 g/mol. The topological polar surface area (TPSA) is 211 Å². The maximum atomic E-state index is 15.3. The standard InChI is InChI=1S/C61H84N6O14/c1-39-54(69)62(3)50(32-42-9-10-42)59(74)80-52(34-44-15-19-47(20-16-44)66-23-27-76-28-24-66)56(71)64(5)49(31-41-7-8-41)58(73)79-40(2)55(70)63(4)51(33-43-11-12-43)60(75)81-53(35-45-17-21-48(22-18-45)67-25-29-77-30-26-67)57(72)65(6)61(37-68,38-78-39)36-46-13-14-46/h15-22,37,39-43,46,49-53H,7-14,23-36,38H2,1-6H3/t39-,40-,49+,50+,51?,52-,53-,61-/m1/s1. The van der Waals surface area contributed by atoms with E-state index in [-0.39, 0.29) is 62.2 Å². The van der Waals surface area contributed by atoms with Gasteiger partial charge in [-0.1, -0.05) is 75.6 Å². The van der Waals surface area contributed by atoms with E-state index >= 15 is 9.59 Å². The molecule has 3 aliphatic heterocycles. The smallest absolute Gasteiger partial charge is 0.329 e. The molecule has 1 unspecified atom stereocenters. The lowest BCUT2D eigenvalue weighted by atomic mass is 9.91. The van der Waals surface area contributed by atoms with Gasteiger partial charge in [0.2, 0.25) is 0 Å². The molecule has 7 aliphatic rings. The Labute approximate surface area is 476 Å². The van der Waals surface area contributed by atoms with Crippen LogP contribution in [0.3, 0.4) is 0 Å². The summed E-state index contributed by atoms with van der Waals surface area (Å²) in [7, 11) is 5.89. The Kier molecular flexibility index (Phi) is 19.4. The lowest BCUT2D eigenvalue weighted by Crippen LogP contribution is -2.59. The minimum Gasteiger partial charge on any atom is -0.451 e. The van der Waals surface area contributed by atoms with Crippen LogP contribution in [0.1, 0.15) is 102 Å². The van der Waals surface area contributed by atoms with E-state index < -0.39 is 96.2 Å². The van der Waals surface area contributed by atoms with Gasteiger partial charge in [-0.2, -0.15) is 0 Å². The highest BCUT2D eigenvalue weighted by Crippen LogP contribution is 2.40. The summed E-state index contributed by atoms with van der Waals surface area (Å²) >= 11 is 0. The molecule has 3 saturated heterocycles. The van der Waals surface area contributed by atoms with Crippen LogP contribution in [0.4, 0.5) is 11.4 Å². The summed E-state index contributed by atoms with van der Waals surface area (Å²) in [4.78, 5) is 127. The van der Waals surface area contributed by atoms with Crippen LogP contribution in [-0.2, 0) is 79.6 Å². The zero-order chi connectivity index (χ0) is 57.5. The van der Waals surface area contributed by atoms with Crippen LogP contribution in [0.15, 0.2) is 48.5 Å². The fourth-order valence-corrected chi connectivity index (χ4v) is 11.4. The minimum absolute atomic E-state index is 0.0575. The predicted octanol–water partition coefficient (Wildman–Crippen LogP) is 4.40. The number of morpholine rings is 2.